The second-order valence-electron chi connectivity index (χ2n) is 7.40. The van der Waals surface area contributed by atoms with Crippen molar-refractivity contribution >= 4 is 17.9 Å². The molecular weight excluding hydrogens is 420 g/mol. The number of aromatic nitrogens is 2. The highest BCUT2D eigenvalue weighted by molar-refractivity contribution is 6.31. The van der Waals surface area contributed by atoms with Gasteiger partial charge >= 0.3 is 0 Å². The molecule has 0 saturated carbocycles. The molecule has 0 fully saturated rings. The number of rotatable bonds is 9. The maximum Gasteiger partial charge on any atom is 0.199 e. The number of halogens is 1. The van der Waals surface area contributed by atoms with Crippen molar-refractivity contribution in [1.82, 2.24) is 9.55 Å². The van der Waals surface area contributed by atoms with E-state index in [4.69, 9.17) is 21.1 Å². The van der Waals surface area contributed by atoms with E-state index >= 15 is 0 Å². The van der Waals surface area contributed by atoms with Crippen molar-refractivity contribution in [3.05, 3.63) is 57.9 Å². The summed E-state index contributed by atoms with van der Waals surface area (Å²) in [6.07, 6.45) is 1.32. The van der Waals surface area contributed by atoms with Gasteiger partial charge in [0.15, 0.2) is 18.0 Å². The van der Waals surface area contributed by atoms with Crippen molar-refractivity contribution in [2.75, 3.05) is 26.4 Å². The van der Waals surface area contributed by atoms with E-state index in [-0.39, 0.29) is 17.7 Å². The van der Waals surface area contributed by atoms with E-state index in [2.05, 4.69) is 4.98 Å². The number of aldehydes is 1. The van der Waals surface area contributed by atoms with Gasteiger partial charge in [-0.15, -0.1) is 0 Å². The third kappa shape index (κ3) is 3.96. The number of nitrogens with zero attached hydrogens (tertiary/aromatic N) is 1. The number of hydrogen-bond donors (Lipinski definition) is 3. The number of nitrogens with one attached hydrogen (secondary N) is 1. The molecule has 4 rings (SSSR count). The van der Waals surface area contributed by atoms with Gasteiger partial charge in [-0.05, 0) is 31.0 Å². The van der Waals surface area contributed by atoms with E-state index in [0.29, 0.717) is 61.2 Å². The number of H-pyrrole nitrogens is 1. The summed E-state index contributed by atoms with van der Waals surface area (Å²) < 4.78 is 12.8. The molecule has 1 aliphatic carbocycles. The van der Waals surface area contributed by atoms with Crippen LogP contribution in [-0.2, 0) is 22.4 Å². The number of ether oxygens (including phenoxy) is 2. The monoisotopic (exact) mass is 444 g/mol. The average molecular weight is 445 g/mol. The molecule has 1 aliphatic rings. The normalized spacial score (nSPS) is 15.0. The van der Waals surface area contributed by atoms with Crippen molar-refractivity contribution in [2.45, 2.75) is 25.8 Å². The van der Waals surface area contributed by atoms with Crippen molar-refractivity contribution in [3.8, 4) is 22.9 Å². The fourth-order valence-electron chi connectivity index (χ4n) is 4.35. The Morgan fingerprint density at radius 1 is 1.19 bits per heavy atom. The molecule has 0 bridgehead atoms. The SMILES string of the molecule is CCOCCOCCn1c(C=O)cc2c1CC(c1ccccc1Cl)c1c(O)[nH]c(O)c1-2. The number of hydrogen-bond acceptors (Lipinski definition) is 5. The van der Waals surface area contributed by atoms with Crippen LogP contribution in [0.3, 0.4) is 0 Å². The zero-order chi connectivity index (χ0) is 22.0. The van der Waals surface area contributed by atoms with Crippen LogP contribution in [0.2, 0.25) is 5.02 Å². The van der Waals surface area contributed by atoms with E-state index in [9.17, 15) is 15.0 Å². The smallest absolute Gasteiger partial charge is 0.199 e. The lowest BCUT2D eigenvalue weighted by atomic mass is 9.79. The minimum Gasteiger partial charge on any atom is -0.494 e. The maximum absolute atomic E-state index is 11.8. The molecular formula is C23H25ClN2O5. The fraction of sp³-hybridized carbons (Fsp3) is 0.348. The lowest BCUT2D eigenvalue weighted by molar-refractivity contribution is 0.0493. The molecule has 2 aromatic heterocycles. The summed E-state index contributed by atoms with van der Waals surface area (Å²) in [6.45, 7) is 4.48. The van der Waals surface area contributed by atoms with Gasteiger partial charge in [0, 0.05) is 40.9 Å². The summed E-state index contributed by atoms with van der Waals surface area (Å²) >= 11 is 6.48. The standard InChI is InChI=1S/C23H25ClN2O5/c1-2-30-9-10-31-8-7-26-14(13-27)11-17-19(26)12-16(15-5-3-4-6-18(15)24)20-21(17)23(29)25-22(20)28/h3-6,11,13,16,25,28-29H,2,7-10,12H2,1H3. The molecule has 2 heterocycles. The van der Waals surface area contributed by atoms with Crippen LogP contribution in [0.15, 0.2) is 30.3 Å². The largest absolute Gasteiger partial charge is 0.494 e. The van der Waals surface area contributed by atoms with Gasteiger partial charge in [-0.25, -0.2) is 0 Å². The first-order chi connectivity index (χ1) is 15.1. The highest BCUT2D eigenvalue weighted by Gasteiger charge is 2.36. The number of aromatic hydroxyl groups is 2. The van der Waals surface area contributed by atoms with Crippen LogP contribution in [0.5, 0.6) is 11.8 Å². The molecule has 7 nitrogen and oxygen atoms in total. The van der Waals surface area contributed by atoms with Crippen LogP contribution in [0, 0.1) is 0 Å². The third-order valence-electron chi connectivity index (χ3n) is 5.69. The molecule has 31 heavy (non-hydrogen) atoms. The van der Waals surface area contributed by atoms with Crippen LogP contribution < -0.4 is 0 Å². The number of carbonyl (C=O) groups is 1. The molecule has 0 radical (unpaired) electrons. The lowest BCUT2D eigenvalue weighted by Crippen LogP contribution is -2.18. The van der Waals surface area contributed by atoms with Crippen LogP contribution in [0.25, 0.3) is 11.1 Å². The molecule has 1 atom stereocenters. The number of fused-ring (bicyclic) bond motifs is 3. The Labute approximate surface area is 185 Å². The Hall–Kier alpha value is -2.74. The molecule has 0 spiro atoms. The van der Waals surface area contributed by atoms with Crippen LogP contribution in [0.4, 0.5) is 0 Å². The van der Waals surface area contributed by atoms with Crippen molar-refractivity contribution in [1.29, 1.82) is 0 Å². The molecule has 1 unspecified atom stereocenters. The molecule has 8 heteroatoms. The molecule has 0 aliphatic heterocycles. The summed E-state index contributed by atoms with van der Waals surface area (Å²) in [5, 5.41) is 21.7. The zero-order valence-corrected chi connectivity index (χ0v) is 18.0. The Bertz CT molecular complexity index is 1090. The Kier molecular flexibility index (Phi) is 6.36. The summed E-state index contributed by atoms with van der Waals surface area (Å²) in [6, 6.07) is 9.20. The van der Waals surface area contributed by atoms with Crippen molar-refractivity contribution in [3.63, 3.8) is 0 Å². The summed E-state index contributed by atoms with van der Waals surface area (Å²) in [7, 11) is 0. The molecule has 0 amide bonds. The van der Waals surface area contributed by atoms with Gasteiger partial charge in [0.2, 0.25) is 0 Å². The minimum atomic E-state index is -0.277. The second kappa shape index (κ2) is 9.18. The first-order valence-electron chi connectivity index (χ1n) is 10.3. The predicted octanol–water partition coefficient (Wildman–Crippen LogP) is 4.10. The van der Waals surface area contributed by atoms with Gasteiger partial charge in [0.1, 0.15) is 0 Å². The van der Waals surface area contributed by atoms with E-state index in [1.807, 2.05) is 29.7 Å². The zero-order valence-electron chi connectivity index (χ0n) is 17.2. The number of carbonyl (C=O) groups excluding carboxylic acids is 1. The Morgan fingerprint density at radius 3 is 2.71 bits per heavy atom. The first kappa shape index (κ1) is 21.5. The summed E-state index contributed by atoms with van der Waals surface area (Å²) in [5.41, 5.74) is 4.04. The topological polar surface area (TPSA) is 96.7 Å². The third-order valence-corrected chi connectivity index (χ3v) is 6.03. The Balaban J connectivity index is 1.72. The Morgan fingerprint density at radius 2 is 1.97 bits per heavy atom. The van der Waals surface area contributed by atoms with Gasteiger partial charge in [-0.3, -0.25) is 9.78 Å². The molecule has 164 valence electrons. The minimum absolute atomic E-state index is 0.0947. The van der Waals surface area contributed by atoms with E-state index in [0.717, 1.165) is 23.1 Å². The highest BCUT2D eigenvalue weighted by atomic mass is 35.5. The molecule has 3 aromatic rings. The lowest BCUT2D eigenvalue weighted by Gasteiger charge is -2.26. The molecule has 3 N–H and O–H groups in total. The quantitative estimate of drug-likeness (QED) is 0.341. The number of aromatic amines is 1. The van der Waals surface area contributed by atoms with E-state index in [1.165, 1.54) is 0 Å². The first-order valence-corrected chi connectivity index (χ1v) is 10.7. The van der Waals surface area contributed by atoms with Crippen molar-refractivity contribution in [2.24, 2.45) is 0 Å². The molecule has 0 saturated heterocycles. The number of benzene rings is 1. The van der Waals surface area contributed by atoms with Gasteiger partial charge in [0.25, 0.3) is 0 Å². The van der Waals surface area contributed by atoms with E-state index < -0.39 is 0 Å². The average Bonchev–Trinajstić information content (AvgIpc) is 3.27. The van der Waals surface area contributed by atoms with E-state index in [1.54, 1.807) is 12.1 Å². The van der Waals surface area contributed by atoms with Crippen LogP contribution in [-0.4, -0.2) is 52.5 Å². The summed E-state index contributed by atoms with van der Waals surface area (Å²) in [5.74, 6) is -0.504. The van der Waals surface area contributed by atoms with Gasteiger partial charge in [-0.1, -0.05) is 29.8 Å². The van der Waals surface area contributed by atoms with Crippen LogP contribution in [0.1, 0.15) is 40.2 Å². The maximum atomic E-state index is 11.8. The fourth-order valence-corrected chi connectivity index (χ4v) is 4.61. The van der Waals surface area contributed by atoms with Crippen molar-refractivity contribution < 1.29 is 24.5 Å². The van der Waals surface area contributed by atoms with Gasteiger partial charge in [-0.2, -0.15) is 0 Å². The molecule has 1 aromatic carbocycles. The van der Waals surface area contributed by atoms with Gasteiger partial charge < -0.3 is 24.3 Å². The van der Waals surface area contributed by atoms with Crippen LogP contribution >= 0.6 is 11.6 Å². The summed E-state index contributed by atoms with van der Waals surface area (Å²) in [4.78, 5) is 14.4. The predicted molar refractivity (Wildman–Crippen MR) is 117 cm³/mol. The highest BCUT2D eigenvalue weighted by Crippen LogP contribution is 2.52. The van der Waals surface area contributed by atoms with Gasteiger partial charge in [0.05, 0.1) is 31.1 Å². The second-order valence-corrected chi connectivity index (χ2v) is 7.80.